The number of sulfonamides is 1. The Balaban J connectivity index is 1.92. The van der Waals surface area contributed by atoms with Crippen molar-refractivity contribution in [3.8, 4) is 11.8 Å². The Labute approximate surface area is 143 Å². The Morgan fingerprint density at radius 1 is 1.21 bits per heavy atom. The molecule has 2 N–H and O–H groups in total. The molecular weight excluding hydrogens is 354 g/mol. The van der Waals surface area contributed by atoms with E-state index < -0.39 is 22.5 Å². The summed E-state index contributed by atoms with van der Waals surface area (Å²) >= 11 is 5.73. The van der Waals surface area contributed by atoms with Crippen molar-refractivity contribution in [2.24, 2.45) is 0 Å². The number of amides is 1. The van der Waals surface area contributed by atoms with E-state index in [1.165, 1.54) is 36.4 Å². The van der Waals surface area contributed by atoms with E-state index >= 15 is 0 Å². The molecule has 24 heavy (non-hydrogen) atoms. The van der Waals surface area contributed by atoms with E-state index in [1.807, 2.05) is 16.3 Å². The first kappa shape index (κ1) is 17.7. The second-order valence-electron chi connectivity index (χ2n) is 4.51. The minimum Gasteiger partial charge on any atom is -0.482 e. The molecule has 0 aliphatic heterocycles. The molecule has 0 saturated carbocycles. The molecule has 7 nitrogen and oxygen atoms in total. The zero-order chi connectivity index (χ0) is 17.6. The lowest BCUT2D eigenvalue weighted by atomic mass is 10.2. The summed E-state index contributed by atoms with van der Waals surface area (Å²) in [6, 6.07) is 13.9. The highest BCUT2D eigenvalue weighted by atomic mass is 35.5. The van der Waals surface area contributed by atoms with Gasteiger partial charge in [0, 0.05) is 5.02 Å². The second kappa shape index (κ2) is 7.79. The predicted octanol–water partition coefficient (Wildman–Crippen LogP) is 1.60. The fourth-order valence-electron chi connectivity index (χ4n) is 1.68. The number of rotatable bonds is 6. The van der Waals surface area contributed by atoms with Gasteiger partial charge in [0.05, 0.1) is 10.5 Å². The van der Waals surface area contributed by atoms with Crippen molar-refractivity contribution in [2.45, 2.75) is 4.90 Å². The first-order valence-electron chi connectivity index (χ1n) is 6.60. The predicted molar refractivity (Wildman–Crippen MR) is 86.6 cm³/mol. The Morgan fingerprint density at radius 2 is 1.96 bits per heavy atom. The molecule has 124 valence electrons. The van der Waals surface area contributed by atoms with Crippen LogP contribution in [0.1, 0.15) is 5.56 Å². The van der Waals surface area contributed by atoms with Gasteiger partial charge in [-0.3, -0.25) is 10.2 Å². The summed E-state index contributed by atoms with van der Waals surface area (Å²) in [6.07, 6.45) is 0. The molecule has 0 spiro atoms. The van der Waals surface area contributed by atoms with Crippen LogP contribution in [-0.4, -0.2) is 20.9 Å². The number of hydrazine groups is 1. The summed E-state index contributed by atoms with van der Waals surface area (Å²) < 4.78 is 29.2. The van der Waals surface area contributed by atoms with E-state index in [9.17, 15) is 13.2 Å². The first-order chi connectivity index (χ1) is 11.4. The molecule has 2 rings (SSSR count). The van der Waals surface area contributed by atoms with Crippen molar-refractivity contribution in [1.29, 1.82) is 5.26 Å². The number of ether oxygens (including phenoxy) is 1. The fourth-order valence-corrected chi connectivity index (χ4v) is 2.84. The van der Waals surface area contributed by atoms with Crippen LogP contribution >= 0.6 is 11.6 Å². The van der Waals surface area contributed by atoms with E-state index in [4.69, 9.17) is 21.6 Å². The van der Waals surface area contributed by atoms with Gasteiger partial charge in [0.2, 0.25) is 0 Å². The highest BCUT2D eigenvalue weighted by Gasteiger charge is 2.15. The third-order valence-electron chi connectivity index (χ3n) is 2.80. The zero-order valence-corrected chi connectivity index (χ0v) is 13.8. The molecule has 0 aromatic heterocycles. The van der Waals surface area contributed by atoms with Gasteiger partial charge < -0.3 is 4.74 Å². The Bertz CT molecular complexity index is 894. The maximum absolute atomic E-state index is 12.0. The monoisotopic (exact) mass is 365 g/mol. The van der Waals surface area contributed by atoms with Gasteiger partial charge in [-0.1, -0.05) is 29.8 Å². The highest BCUT2D eigenvalue weighted by molar-refractivity contribution is 7.89. The number of para-hydroxylation sites is 1. The molecule has 0 saturated heterocycles. The Kier molecular flexibility index (Phi) is 5.76. The molecular formula is C15H12ClN3O4S. The van der Waals surface area contributed by atoms with Crippen LogP contribution < -0.4 is 15.0 Å². The van der Waals surface area contributed by atoms with Crippen LogP contribution in [0.25, 0.3) is 0 Å². The molecule has 2 aromatic rings. The number of halogens is 1. The number of nitrogens with one attached hydrogen (secondary N) is 2. The molecule has 0 aliphatic carbocycles. The molecule has 0 fully saturated rings. The summed E-state index contributed by atoms with van der Waals surface area (Å²) in [5.41, 5.74) is 2.29. The summed E-state index contributed by atoms with van der Waals surface area (Å²) in [4.78, 5) is 13.5. The molecule has 0 unspecified atom stereocenters. The van der Waals surface area contributed by atoms with Gasteiger partial charge in [-0.2, -0.15) is 5.26 Å². The minimum absolute atomic E-state index is 0.0916. The Morgan fingerprint density at radius 3 is 2.67 bits per heavy atom. The van der Waals surface area contributed by atoms with Gasteiger partial charge >= 0.3 is 0 Å². The standard InChI is InChI=1S/C15H12ClN3O4S/c16-12-5-3-6-13(8-12)24(21,22)19-18-15(20)10-23-14-7-2-1-4-11(14)9-17/h1-8,19H,10H2,(H,18,20). The molecule has 0 aliphatic rings. The van der Waals surface area contributed by atoms with Crippen LogP contribution in [0, 0.1) is 11.3 Å². The number of benzene rings is 2. The van der Waals surface area contributed by atoms with Gasteiger partial charge in [-0.15, -0.1) is 4.83 Å². The summed E-state index contributed by atoms with van der Waals surface area (Å²) in [5.74, 6) is -0.499. The van der Waals surface area contributed by atoms with Crippen LogP contribution in [0.3, 0.4) is 0 Å². The van der Waals surface area contributed by atoms with E-state index in [-0.39, 0.29) is 21.2 Å². The number of carbonyl (C=O) groups excluding carboxylic acids is 1. The highest BCUT2D eigenvalue weighted by Crippen LogP contribution is 2.16. The number of hydrogen-bond donors (Lipinski definition) is 2. The molecule has 0 heterocycles. The van der Waals surface area contributed by atoms with Crippen LogP contribution in [0.5, 0.6) is 5.75 Å². The van der Waals surface area contributed by atoms with Crippen LogP contribution in [0.15, 0.2) is 53.4 Å². The number of carbonyl (C=O) groups is 1. The SMILES string of the molecule is N#Cc1ccccc1OCC(=O)NNS(=O)(=O)c1cccc(Cl)c1. The molecule has 9 heteroatoms. The fraction of sp³-hybridized carbons (Fsp3) is 0.0667. The third kappa shape index (κ3) is 4.70. The molecule has 2 aromatic carbocycles. The molecule has 0 radical (unpaired) electrons. The van der Waals surface area contributed by atoms with Crippen molar-refractivity contribution >= 4 is 27.5 Å². The first-order valence-corrected chi connectivity index (χ1v) is 8.46. The van der Waals surface area contributed by atoms with Gasteiger partial charge in [-0.05, 0) is 30.3 Å². The van der Waals surface area contributed by atoms with E-state index in [0.717, 1.165) is 0 Å². The van der Waals surface area contributed by atoms with Crippen molar-refractivity contribution < 1.29 is 17.9 Å². The zero-order valence-electron chi connectivity index (χ0n) is 12.2. The normalized spacial score (nSPS) is 10.7. The van der Waals surface area contributed by atoms with Crippen molar-refractivity contribution in [2.75, 3.05) is 6.61 Å². The average Bonchev–Trinajstić information content (AvgIpc) is 2.58. The Hall–Kier alpha value is -2.60. The summed E-state index contributed by atoms with van der Waals surface area (Å²) in [7, 11) is -3.95. The van der Waals surface area contributed by atoms with Crippen molar-refractivity contribution in [1.82, 2.24) is 10.3 Å². The van der Waals surface area contributed by atoms with Crippen molar-refractivity contribution in [3.63, 3.8) is 0 Å². The quantitative estimate of drug-likeness (QED) is 0.756. The third-order valence-corrected chi connectivity index (χ3v) is 4.28. The van der Waals surface area contributed by atoms with Gasteiger partial charge in [0.1, 0.15) is 11.8 Å². The van der Waals surface area contributed by atoms with Crippen LogP contribution in [0.4, 0.5) is 0 Å². The lowest BCUT2D eigenvalue weighted by molar-refractivity contribution is -0.123. The minimum atomic E-state index is -3.95. The van der Waals surface area contributed by atoms with Gasteiger partial charge in [0.15, 0.2) is 6.61 Å². The van der Waals surface area contributed by atoms with Crippen molar-refractivity contribution in [3.05, 3.63) is 59.1 Å². The van der Waals surface area contributed by atoms with Crippen LogP contribution in [0.2, 0.25) is 5.02 Å². The summed E-state index contributed by atoms with van der Waals surface area (Å²) in [5, 5.41) is 9.16. The molecule has 1 amide bonds. The maximum atomic E-state index is 12.0. The number of nitrogens with zero attached hydrogens (tertiary/aromatic N) is 1. The number of hydrogen-bond acceptors (Lipinski definition) is 5. The van der Waals surface area contributed by atoms with Gasteiger partial charge in [-0.25, -0.2) is 8.42 Å². The summed E-state index contributed by atoms with van der Waals surface area (Å²) in [6.45, 7) is -0.462. The average molecular weight is 366 g/mol. The van der Waals surface area contributed by atoms with Gasteiger partial charge in [0.25, 0.3) is 15.9 Å². The lowest BCUT2D eigenvalue weighted by Gasteiger charge is -2.10. The largest absolute Gasteiger partial charge is 0.482 e. The van der Waals surface area contributed by atoms with Crippen LogP contribution in [-0.2, 0) is 14.8 Å². The maximum Gasteiger partial charge on any atom is 0.272 e. The lowest BCUT2D eigenvalue weighted by Crippen LogP contribution is -2.43. The molecule has 0 atom stereocenters. The smallest absolute Gasteiger partial charge is 0.272 e. The van der Waals surface area contributed by atoms with E-state index in [2.05, 4.69) is 0 Å². The number of nitriles is 1. The van der Waals surface area contributed by atoms with E-state index in [0.29, 0.717) is 0 Å². The topological polar surface area (TPSA) is 108 Å². The van der Waals surface area contributed by atoms with E-state index in [1.54, 1.807) is 12.1 Å². The molecule has 0 bridgehead atoms. The second-order valence-corrected chi connectivity index (χ2v) is 6.63.